The summed E-state index contributed by atoms with van der Waals surface area (Å²) >= 11 is 4.96. The smallest absolute Gasteiger partial charge is 0.287 e. The highest BCUT2D eigenvalue weighted by molar-refractivity contribution is 9.10. The number of furan rings is 1. The molecule has 2 aromatic heterocycles. The van der Waals surface area contributed by atoms with Crippen molar-refractivity contribution in [2.75, 3.05) is 24.5 Å². The molecule has 0 unspecified atom stereocenters. The van der Waals surface area contributed by atoms with Crippen LogP contribution in [0.4, 0.5) is 5.13 Å². The number of thiazole rings is 1. The lowest BCUT2D eigenvalue weighted by Crippen LogP contribution is -2.38. The topological polar surface area (TPSA) is 58.4 Å². The number of hydrogen-bond acceptors (Lipinski definition) is 5. The number of anilines is 1. The minimum Gasteiger partial charge on any atom is -0.444 e. The molecule has 1 aromatic carbocycles. The van der Waals surface area contributed by atoms with Crippen molar-refractivity contribution in [3.8, 4) is 0 Å². The maximum Gasteiger partial charge on any atom is 0.287 e. The molecular weight excluding hydrogens is 402 g/mol. The molecule has 4 rings (SSSR count). The molecule has 0 atom stereocenters. The van der Waals surface area contributed by atoms with Crippen LogP contribution in [-0.4, -0.2) is 30.5 Å². The number of para-hydroxylation sites is 1. The normalized spacial score (nSPS) is 15.6. The van der Waals surface area contributed by atoms with Crippen LogP contribution < -0.4 is 10.2 Å². The van der Waals surface area contributed by atoms with E-state index in [0.29, 0.717) is 22.9 Å². The fourth-order valence-corrected chi connectivity index (χ4v) is 4.41. The number of piperidine rings is 1. The van der Waals surface area contributed by atoms with Gasteiger partial charge in [-0.2, -0.15) is 0 Å². The van der Waals surface area contributed by atoms with Gasteiger partial charge in [0.05, 0.1) is 10.2 Å². The van der Waals surface area contributed by atoms with E-state index in [2.05, 4.69) is 44.3 Å². The van der Waals surface area contributed by atoms with E-state index in [0.717, 1.165) is 36.6 Å². The van der Waals surface area contributed by atoms with Gasteiger partial charge in [0, 0.05) is 19.6 Å². The average Bonchev–Trinajstić information content (AvgIpc) is 3.26. The van der Waals surface area contributed by atoms with E-state index in [1.807, 2.05) is 6.07 Å². The zero-order valence-electron chi connectivity index (χ0n) is 13.6. The fraction of sp³-hybridized carbons (Fsp3) is 0.333. The third-order valence-corrected chi connectivity index (χ3v) is 6.04. The summed E-state index contributed by atoms with van der Waals surface area (Å²) in [5, 5.41) is 4.07. The van der Waals surface area contributed by atoms with Crippen LogP contribution in [0.1, 0.15) is 23.4 Å². The van der Waals surface area contributed by atoms with Crippen molar-refractivity contribution in [2.45, 2.75) is 12.8 Å². The second-order valence-corrected chi connectivity index (χ2v) is 8.00. The van der Waals surface area contributed by atoms with Gasteiger partial charge < -0.3 is 14.6 Å². The van der Waals surface area contributed by atoms with Gasteiger partial charge in [-0.25, -0.2) is 4.98 Å². The second kappa shape index (κ2) is 7.17. The van der Waals surface area contributed by atoms with Gasteiger partial charge in [0.2, 0.25) is 0 Å². The number of aromatic nitrogens is 1. The summed E-state index contributed by atoms with van der Waals surface area (Å²) in [4.78, 5) is 19.1. The Hall–Kier alpha value is -1.86. The predicted octanol–water partition coefficient (Wildman–Crippen LogP) is 4.30. The monoisotopic (exact) mass is 419 g/mol. The molecule has 1 amide bonds. The van der Waals surface area contributed by atoms with Gasteiger partial charge in [0.15, 0.2) is 15.6 Å². The van der Waals surface area contributed by atoms with Gasteiger partial charge in [-0.1, -0.05) is 23.5 Å². The number of carbonyl (C=O) groups is 1. The molecule has 0 saturated carbocycles. The van der Waals surface area contributed by atoms with Crippen LogP contribution in [0.15, 0.2) is 45.5 Å². The number of nitrogens with zero attached hydrogens (tertiary/aromatic N) is 2. The zero-order valence-corrected chi connectivity index (χ0v) is 16.0. The van der Waals surface area contributed by atoms with Crippen molar-refractivity contribution in [3.63, 3.8) is 0 Å². The van der Waals surface area contributed by atoms with Crippen LogP contribution in [0.25, 0.3) is 10.2 Å². The molecule has 3 heterocycles. The van der Waals surface area contributed by atoms with E-state index in [1.165, 1.54) is 4.70 Å². The maximum absolute atomic E-state index is 12.0. The van der Waals surface area contributed by atoms with Crippen LogP contribution in [0.5, 0.6) is 0 Å². The summed E-state index contributed by atoms with van der Waals surface area (Å²) < 4.78 is 7.08. The Balaban J connectivity index is 1.30. The Bertz CT molecular complexity index is 850. The third-order valence-electron chi connectivity index (χ3n) is 4.52. The standard InChI is InChI=1S/C18H18BrN3O2S/c19-16-6-5-14(24-16)17(23)20-11-12-7-9-22(10-8-12)18-21-13-3-1-2-4-15(13)25-18/h1-6,12H,7-11H2,(H,20,23). The molecule has 1 N–H and O–H groups in total. The Kier molecular flexibility index (Phi) is 4.76. The number of carbonyl (C=O) groups excluding carboxylic acids is 1. The molecule has 1 aliphatic rings. The average molecular weight is 420 g/mol. The molecule has 1 fully saturated rings. The highest BCUT2D eigenvalue weighted by Crippen LogP contribution is 2.31. The summed E-state index contributed by atoms with van der Waals surface area (Å²) in [6.07, 6.45) is 2.11. The van der Waals surface area contributed by atoms with Crippen molar-refractivity contribution in [1.29, 1.82) is 0 Å². The largest absolute Gasteiger partial charge is 0.444 e. The number of hydrogen-bond donors (Lipinski definition) is 1. The number of nitrogens with one attached hydrogen (secondary N) is 1. The van der Waals surface area contributed by atoms with Crippen LogP contribution >= 0.6 is 27.3 Å². The van der Waals surface area contributed by atoms with Crippen LogP contribution in [0.2, 0.25) is 0 Å². The molecule has 5 nitrogen and oxygen atoms in total. The van der Waals surface area contributed by atoms with Crippen molar-refractivity contribution in [1.82, 2.24) is 10.3 Å². The molecule has 0 bridgehead atoms. The number of amides is 1. The van der Waals surface area contributed by atoms with Crippen LogP contribution in [0, 0.1) is 5.92 Å². The van der Waals surface area contributed by atoms with Gasteiger partial charge in [0.25, 0.3) is 5.91 Å². The first-order chi connectivity index (χ1) is 12.2. The summed E-state index contributed by atoms with van der Waals surface area (Å²) in [5.41, 5.74) is 1.07. The van der Waals surface area contributed by atoms with E-state index < -0.39 is 0 Å². The predicted molar refractivity (Wildman–Crippen MR) is 103 cm³/mol. The quantitative estimate of drug-likeness (QED) is 0.684. The van der Waals surface area contributed by atoms with Crippen LogP contribution in [0.3, 0.4) is 0 Å². The molecule has 0 radical (unpaired) electrons. The lowest BCUT2D eigenvalue weighted by atomic mass is 9.97. The summed E-state index contributed by atoms with van der Waals surface area (Å²) in [6, 6.07) is 11.7. The molecule has 7 heteroatoms. The fourth-order valence-electron chi connectivity index (χ4n) is 3.08. The number of rotatable bonds is 4. The highest BCUT2D eigenvalue weighted by atomic mass is 79.9. The Labute approximate surface area is 158 Å². The highest BCUT2D eigenvalue weighted by Gasteiger charge is 2.22. The number of benzene rings is 1. The van der Waals surface area contributed by atoms with E-state index >= 15 is 0 Å². The lowest BCUT2D eigenvalue weighted by molar-refractivity contribution is 0.0916. The zero-order chi connectivity index (χ0) is 17.2. The Morgan fingerprint density at radius 2 is 2.08 bits per heavy atom. The molecule has 25 heavy (non-hydrogen) atoms. The van der Waals surface area contributed by atoms with Crippen molar-refractivity contribution in [2.24, 2.45) is 5.92 Å². The Morgan fingerprint density at radius 1 is 1.28 bits per heavy atom. The van der Waals surface area contributed by atoms with Crippen molar-refractivity contribution in [3.05, 3.63) is 46.8 Å². The summed E-state index contributed by atoms with van der Waals surface area (Å²) in [5.74, 6) is 0.686. The van der Waals surface area contributed by atoms with E-state index in [9.17, 15) is 4.79 Å². The molecule has 1 saturated heterocycles. The van der Waals surface area contributed by atoms with E-state index in [-0.39, 0.29) is 5.91 Å². The summed E-state index contributed by atoms with van der Waals surface area (Å²) in [6.45, 7) is 2.64. The van der Waals surface area contributed by atoms with Gasteiger partial charge in [-0.05, 0) is 59.0 Å². The first-order valence-corrected chi connectivity index (χ1v) is 9.94. The maximum atomic E-state index is 12.0. The minimum atomic E-state index is -0.153. The van der Waals surface area contributed by atoms with Crippen molar-refractivity contribution < 1.29 is 9.21 Å². The third kappa shape index (κ3) is 3.72. The lowest BCUT2D eigenvalue weighted by Gasteiger charge is -2.31. The van der Waals surface area contributed by atoms with Gasteiger partial charge in [-0.3, -0.25) is 4.79 Å². The molecule has 0 spiro atoms. The SMILES string of the molecule is O=C(NCC1CCN(c2nc3ccccc3s2)CC1)c1ccc(Br)o1. The molecule has 0 aliphatic carbocycles. The van der Waals surface area contributed by atoms with Crippen LogP contribution in [-0.2, 0) is 0 Å². The first-order valence-electron chi connectivity index (χ1n) is 8.33. The molecule has 130 valence electrons. The molecule has 1 aliphatic heterocycles. The Morgan fingerprint density at radius 3 is 2.80 bits per heavy atom. The molecular formula is C18H18BrN3O2S. The number of halogens is 1. The van der Waals surface area contributed by atoms with Gasteiger partial charge in [0.1, 0.15) is 0 Å². The summed E-state index contributed by atoms with van der Waals surface area (Å²) in [7, 11) is 0. The van der Waals surface area contributed by atoms with Gasteiger partial charge >= 0.3 is 0 Å². The van der Waals surface area contributed by atoms with E-state index in [1.54, 1.807) is 23.5 Å². The molecule has 3 aromatic rings. The first kappa shape index (κ1) is 16.6. The number of fused-ring (bicyclic) bond motifs is 1. The van der Waals surface area contributed by atoms with Gasteiger partial charge in [-0.15, -0.1) is 0 Å². The van der Waals surface area contributed by atoms with E-state index in [4.69, 9.17) is 9.40 Å². The second-order valence-electron chi connectivity index (χ2n) is 6.21. The minimum absolute atomic E-state index is 0.153. The van der Waals surface area contributed by atoms with Crippen molar-refractivity contribution >= 4 is 48.5 Å².